The van der Waals surface area contributed by atoms with Gasteiger partial charge < -0.3 is 10.6 Å². The van der Waals surface area contributed by atoms with E-state index in [0.29, 0.717) is 22.0 Å². The van der Waals surface area contributed by atoms with Crippen molar-refractivity contribution in [3.8, 4) is 0 Å². The van der Waals surface area contributed by atoms with E-state index in [2.05, 4.69) is 26.1 Å². The molecule has 1 heterocycles. The Balaban J connectivity index is 1.32. The van der Waals surface area contributed by atoms with Gasteiger partial charge in [0, 0.05) is 33.5 Å². The normalized spacial score (nSPS) is 10.8. The molecular formula is C24H18ClN5O2. The van der Waals surface area contributed by atoms with E-state index in [1.807, 2.05) is 30.3 Å². The summed E-state index contributed by atoms with van der Waals surface area (Å²) in [5, 5.41) is 11.0. The van der Waals surface area contributed by atoms with E-state index in [0.717, 1.165) is 16.5 Å². The van der Waals surface area contributed by atoms with Gasteiger partial charge in [-0.2, -0.15) is 5.10 Å². The molecule has 158 valence electrons. The molecular weight excluding hydrogens is 426 g/mol. The first kappa shape index (κ1) is 21.0. The predicted octanol–water partition coefficient (Wildman–Crippen LogP) is 5.30. The molecule has 0 aliphatic rings. The number of nitrogens with zero attached hydrogens (tertiary/aromatic N) is 2. The number of carbonyl (C=O) groups excluding carboxylic acids is 2. The second kappa shape index (κ2) is 9.72. The Labute approximate surface area is 189 Å². The number of fused-ring (bicyclic) bond motifs is 1. The molecule has 3 N–H and O–H groups in total. The Morgan fingerprint density at radius 1 is 0.875 bits per heavy atom. The van der Waals surface area contributed by atoms with Gasteiger partial charge in [0.2, 0.25) is 0 Å². The molecule has 0 aliphatic heterocycles. The Bertz CT molecular complexity index is 1310. The van der Waals surface area contributed by atoms with Crippen LogP contribution in [0, 0.1) is 0 Å². The smallest absolute Gasteiger partial charge is 0.308 e. The number of halogens is 1. The van der Waals surface area contributed by atoms with Crippen molar-refractivity contribution in [1.82, 2.24) is 10.4 Å². The summed E-state index contributed by atoms with van der Waals surface area (Å²) in [5.74, 6) is -0.371. The minimum Gasteiger partial charge on any atom is -0.308 e. The van der Waals surface area contributed by atoms with Gasteiger partial charge in [0.05, 0.1) is 11.7 Å². The van der Waals surface area contributed by atoms with E-state index in [1.54, 1.807) is 54.7 Å². The first-order chi connectivity index (χ1) is 15.6. The molecule has 0 saturated heterocycles. The van der Waals surface area contributed by atoms with Crippen molar-refractivity contribution in [2.75, 3.05) is 10.6 Å². The number of benzene rings is 3. The third kappa shape index (κ3) is 5.47. The van der Waals surface area contributed by atoms with Crippen LogP contribution < -0.4 is 16.1 Å². The largest absolute Gasteiger partial charge is 0.323 e. The zero-order valence-electron chi connectivity index (χ0n) is 16.7. The molecule has 32 heavy (non-hydrogen) atoms. The monoisotopic (exact) mass is 443 g/mol. The van der Waals surface area contributed by atoms with Gasteiger partial charge in [0.25, 0.3) is 5.91 Å². The second-order valence-corrected chi connectivity index (χ2v) is 7.26. The molecule has 8 heteroatoms. The molecule has 4 aromatic rings. The molecule has 0 spiro atoms. The number of hydrogen-bond acceptors (Lipinski definition) is 4. The third-order valence-corrected chi connectivity index (χ3v) is 4.73. The van der Waals surface area contributed by atoms with Crippen molar-refractivity contribution >= 4 is 52.0 Å². The average molecular weight is 444 g/mol. The van der Waals surface area contributed by atoms with Crippen LogP contribution in [0.4, 0.5) is 16.2 Å². The zero-order chi connectivity index (χ0) is 22.3. The maximum Gasteiger partial charge on any atom is 0.323 e. The van der Waals surface area contributed by atoms with E-state index in [9.17, 15) is 9.59 Å². The minimum atomic E-state index is -0.392. The number of amides is 3. The predicted molar refractivity (Wildman–Crippen MR) is 127 cm³/mol. The molecule has 0 unspecified atom stereocenters. The number of pyridine rings is 1. The van der Waals surface area contributed by atoms with Crippen LogP contribution in [-0.2, 0) is 0 Å². The van der Waals surface area contributed by atoms with Gasteiger partial charge in [-0.1, -0.05) is 29.8 Å². The lowest BCUT2D eigenvalue weighted by Crippen LogP contribution is -2.20. The summed E-state index contributed by atoms with van der Waals surface area (Å²) in [6.07, 6.45) is 3.23. The number of urea groups is 1. The first-order valence-corrected chi connectivity index (χ1v) is 10.1. The molecule has 7 nitrogen and oxygen atoms in total. The van der Waals surface area contributed by atoms with Gasteiger partial charge in [-0.25, -0.2) is 10.2 Å². The number of carbonyl (C=O) groups is 2. The highest BCUT2D eigenvalue weighted by Crippen LogP contribution is 2.17. The molecule has 0 saturated carbocycles. The van der Waals surface area contributed by atoms with Gasteiger partial charge in [0.1, 0.15) is 0 Å². The maximum atomic E-state index is 12.3. The number of anilines is 2. The number of nitrogens with one attached hydrogen (secondary N) is 3. The van der Waals surface area contributed by atoms with Gasteiger partial charge in [-0.05, 0) is 66.2 Å². The van der Waals surface area contributed by atoms with Crippen LogP contribution in [0.2, 0.25) is 5.02 Å². The van der Waals surface area contributed by atoms with Crippen molar-refractivity contribution in [2.45, 2.75) is 0 Å². The SMILES string of the molecule is O=C(Nc1ccc(C(=O)N/N=C/c2cccc(Cl)c2)cc1)Nc1ccc2ncccc2c1. The Morgan fingerprint density at radius 2 is 1.66 bits per heavy atom. The van der Waals surface area contributed by atoms with Crippen molar-refractivity contribution in [3.63, 3.8) is 0 Å². The summed E-state index contributed by atoms with van der Waals surface area (Å²) in [7, 11) is 0. The highest BCUT2D eigenvalue weighted by Gasteiger charge is 2.07. The van der Waals surface area contributed by atoms with Crippen LogP contribution in [0.25, 0.3) is 10.9 Å². The van der Waals surface area contributed by atoms with Crippen molar-refractivity contribution in [2.24, 2.45) is 5.10 Å². The molecule has 0 fully saturated rings. The van der Waals surface area contributed by atoms with Crippen LogP contribution in [0.3, 0.4) is 0 Å². The van der Waals surface area contributed by atoms with E-state index in [-0.39, 0.29) is 5.91 Å². The topological polar surface area (TPSA) is 95.5 Å². The minimum absolute atomic E-state index is 0.371. The first-order valence-electron chi connectivity index (χ1n) is 9.69. The van der Waals surface area contributed by atoms with Gasteiger partial charge >= 0.3 is 6.03 Å². The summed E-state index contributed by atoms with van der Waals surface area (Å²) < 4.78 is 0. The van der Waals surface area contributed by atoms with E-state index < -0.39 is 6.03 Å². The fraction of sp³-hybridized carbons (Fsp3) is 0. The van der Waals surface area contributed by atoms with Gasteiger partial charge in [0.15, 0.2) is 0 Å². The molecule has 3 amide bonds. The summed E-state index contributed by atoms with van der Waals surface area (Å²) >= 11 is 5.92. The van der Waals surface area contributed by atoms with Crippen molar-refractivity contribution < 1.29 is 9.59 Å². The number of aromatic nitrogens is 1. The highest BCUT2D eigenvalue weighted by molar-refractivity contribution is 6.30. The van der Waals surface area contributed by atoms with E-state index in [4.69, 9.17) is 11.6 Å². The Hall–Kier alpha value is -4.23. The van der Waals surface area contributed by atoms with E-state index in [1.165, 1.54) is 6.21 Å². The molecule has 0 bridgehead atoms. The highest BCUT2D eigenvalue weighted by atomic mass is 35.5. The Morgan fingerprint density at radius 3 is 2.47 bits per heavy atom. The quantitative estimate of drug-likeness (QED) is 0.288. The lowest BCUT2D eigenvalue weighted by atomic mass is 10.2. The van der Waals surface area contributed by atoms with Crippen LogP contribution in [0.15, 0.2) is 90.2 Å². The standard InChI is InChI=1S/C24H18ClN5O2/c25-19-5-1-3-16(13-19)15-27-30-23(31)17-6-8-20(9-7-17)28-24(32)29-21-10-11-22-18(14-21)4-2-12-26-22/h1-15H,(H,30,31)(H2,28,29,32)/b27-15+. The number of rotatable bonds is 5. The van der Waals surface area contributed by atoms with Gasteiger partial charge in [-0.15, -0.1) is 0 Å². The maximum absolute atomic E-state index is 12.3. The molecule has 0 aliphatic carbocycles. The van der Waals surface area contributed by atoms with Gasteiger partial charge in [-0.3, -0.25) is 9.78 Å². The van der Waals surface area contributed by atoms with Crippen molar-refractivity contribution in [3.05, 3.63) is 101 Å². The Kier molecular flexibility index (Phi) is 6.38. The molecule has 3 aromatic carbocycles. The molecule has 0 atom stereocenters. The summed E-state index contributed by atoms with van der Waals surface area (Å²) in [6, 6.07) is 22.4. The van der Waals surface area contributed by atoms with Crippen LogP contribution in [-0.4, -0.2) is 23.1 Å². The third-order valence-electron chi connectivity index (χ3n) is 4.49. The fourth-order valence-corrected chi connectivity index (χ4v) is 3.17. The molecule has 0 radical (unpaired) electrons. The van der Waals surface area contributed by atoms with Crippen molar-refractivity contribution in [1.29, 1.82) is 0 Å². The lowest BCUT2D eigenvalue weighted by molar-refractivity contribution is 0.0955. The second-order valence-electron chi connectivity index (χ2n) is 6.82. The number of hydrogen-bond donors (Lipinski definition) is 3. The molecule has 4 rings (SSSR count). The van der Waals surface area contributed by atoms with E-state index >= 15 is 0 Å². The van der Waals surface area contributed by atoms with Crippen LogP contribution in [0.5, 0.6) is 0 Å². The zero-order valence-corrected chi connectivity index (χ0v) is 17.5. The van der Waals surface area contributed by atoms with Crippen LogP contribution >= 0.6 is 11.6 Å². The molecule has 1 aromatic heterocycles. The lowest BCUT2D eigenvalue weighted by Gasteiger charge is -2.09. The summed E-state index contributed by atoms with van der Waals surface area (Å²) in [5.41, 5.74) is 5.68. The summed E-state index contributed by atoms with van der Waals surface area (Å²) in [6.45, 7) is 0. The summed E-state index contributed by atoms with van der Waals surface area (Å²) in [4.78, 5) is 28.8. The van der Waals surface area contributed by atoms with Crippen LogP contribution in [0.1, 0.15) is 15.9 Å². The number of hydrazone groups is 1. The fourth-order valence-electron chi connectivity index (χ4n) is 2.97. The average Bonchev–Trinajstić information content (AvgIpc) is 2.79.